The molecule has 0 heterocycles. The van der Waals surface area contributed by atoms with Crippen LogP contribution in [0, 0.1) is 0 Å². The summed E-state index contributed by atoms with van der Waals surface area (Å²) in [5, 5.41) is 18.5. The van der Waals surface area contributed by atoms with Crippen LogP contribution in [0.25, 0.3) is 0 Å². The number of benzene rings is 1. The van der Waals surface area contributed by atoms with E-state index in [1.54, 1.807) is 0 Å². The Morgan fingerprint density at radius 1 is 1.15 bits per heavy atom. The summed E-state index contributed by atoms with van der Waals surface area (Å²) < 4.78 is 4.50. The van der Waals surface area contributed by atoms with Crippen LogP contribution >= 0.6 is 12.6 Å². The molecule has 7 nitrogen and oxygen atoms in total. The van der Waals surface area contributed by atoms with Gasteiger partial charge in [0.2, 0.25) is 0 Å². The maximum absolute atomic E-state index is 11.6. The number of carbonyl (C=O) groups excluding carboxylic acids is 2. The molecule has 110 valence electrons. The number of thiol groups is 1. The summed E-state index contributed by atoms with van der Waals surface area (Å²) in [6.45, 7) is 0. The maximum Gasteiger partial charge on any atom is 0.331 e. The van der Waals surface area contributed by atoms with Crippen molar-refractivity contribution >= 4 is 24.6 Å². The SMILES string of the molecule is N[C@@H](CS)C(=O)OC(=O)[C@@H](N)Cc1ccc(O)c(O)c1. The lowest BCUT2D eigenvalue weighted by atomic mass is 10.1. The lowest BCUT2D eigenvalue weighted by Crippen LogP contribution is -2.41. The zero-order valence-corrected chi connectivity index (χ0v) is 11.4. The third-order valence-electron chi connectivity index (χ3n) is 2.50. The fourth-order valence-electron chi connectivity index (χ4n) is 1.36. The van der Waals surface area contributed by atoms with Gasteiger partial charge < -0.3 is 26.4 Å². The highest BCUT2D eigenvalue weighted by Gasteiger charge is 2.22. The van der Waals surface area contributed by atoms with E-state index in [1.807, 2.05) is 0 Å². The lowest BCUT2D eigenvalue weighted by Gasteiger charge is -2.12. The first kappa shape index (κ1) is 16.3. The monoisotopic (exact) mass is 300 g/mol. The van der Waals surface area contributed by atoms with Crippen molar-refractivity contribution < 1.29 is 24.5 Å². The zero-order chi connectivity index (χ0) is 15.3. The highest BCUT2D eigenvalue weighted by atomic mass is 32.1. The van der Waals surface area contributed by atoms with Gasteiger partial charge in [-0.05, 0) is 24.1 Å². The van der Waals surface area contributed by atoms with Crippen LogP contribution in [0.5, 0.6) is 11.5 Å². The van der Waals surface area contributed by atoms with Gasteiger partial charge in [-0.1, -0.05) is 6.07 Å². The van der Waals surface area contributed by atoms with Crippen LogP contribution in [-0.2, 0) is 20.7 Å². The van der Waals surface area contributed by atoms with E-state index < -0.39 is 24.0 Å². The summed E-state index contributed by atoms with van der Waals surface area (Å²) in [6.07, 6.45) is 0.0378. The van der Waals surface area contributed by atoms with Crippen LogP contribution in [0.3, 0.4) is 0 Å². The van der Waals surface area contributed by atoms with Gasteiger partial charge in [0.25, 0.3) is 0 Å². The van der Waals surface area contributed by atoms with Crippen molar-refractivity contribution in [3.63, 3.8) is 0 Å². The molecule has 0 bridgehead atoms. The molecule has 0 aliphatic rings. The molecule has 0 aliphatic heterocycles. The summed E-state index contributed by atoms with van der Waals surface area (Å²) in [5.41, 5.74) is 11.5. The second-order valence-corrected chi connectivity index (χ2v) is 4.53. The minimum Gasteiger partial charge on any atom is -0.504 e. The molecular formula is C12H16N2O5S. The van der Waals surface area contributed by atoms with Gasteiger partial charge in [-0.15, -0.1) is 0 Å². The van der Waals surface area contributed by atoms with Gasteiger partial charge in [0, 0.05) is 5.75 Å². The molecule has 0 aliphatic carbocycles. The van der Waals surface area contributed by atoms with Crippen LogP contribution in [0.4, 0.5) is 0 Å². The number of aromatic hydroxyl groups is 2. The number of phenolic OH excluding ortho intramolecular Hbond substituents is 2. The molecule has 0 radical (unpaired) electrons. The molecule has 0 aromatic heterocycles. The quantitative estimate of drug-likeness (QED) is 0.210. The fraction of sp³-hybridized carbons (Fsp3) is 0.333. The Balaban J connectivity index is 2.61. The zero-order valence-electron chi connectivity index (χ0n) is 10.5. The average molecular weight is 300 g/mol. The number of hydrogen-bond acceptors (Lipinski definition) is 8. The first-order chi connectivity index (χ1) is 9.35. The lowest BCUT2D eigenvalue weighted by molar-refractivity contribution is -0.161. The summed E-state index contributed by atoms with van der Waals surface area (Å²) in [7, 11) is 0. The number of rotatable bonds is 5. The molecule has 6 N–H and O–H groups in total. The first-order valence-corrected chi connectivity index (χ1v) is 6.36. The molecule has 0 unspecified atom stereocenters. The molecule has 2 atom stereocenters. The number of carbonyl (C=O) groups is 2. The predicted octanol–water partition coefficient (Wildman–Crippen LogP) is -0.706. The number of hydrogen-bond donors (Lipinski definition) is 5. The Bertz CT molecular complexity index is 509. The molecule has 0 saturated heterocycles. The normalized spacial score (nSPS) is 13.6. The Morgan fingerprint density at radius 2 is 1.75 bits per heavy atom. The molecule has 0 fully saturated rings. The second-order valence-electron chi connectivity index (χ2n) is 4.16. The Labute approximate surface area is 120 Å². The van der Waals surface area contributed by atoms with Gasteiger partial charge in [-0.25, -0.2) is 9.59 Å². The summed E-state index contributed by atoms with van der Waals surface area (Å²) in [4.78, 5) is 22.9. The molecule has 20 heavy (non-hydrogen) atoms. The Morgan fingerprint density at radius 3 is 2.30 bits per heavy atom. The smallest absolute Gasteiger partial charge is 0.331 e. The summed E-state index contributed by atoms with van der Waals surface area (Å²) in [6, 6.07) is 1.94. The van der Waals surface area contributed by atoms with Crippen LogP contribution < -0.4 is 11.5 Å². The van der Waals surface area contributed by atoms with Gasteiger partial charge >= 0.3 is 11.9 Å². The number of esters is 2. The van der Waals surface area contributed by atoms with E-state index in [-0.39, 0.29) is 23.7 Å². The molecule has 1 aromatic carbocycles. The van der Waals surface area contributed by atoms with Gasteiger partial charge in [0.15, 0.2) is 11.5 Å². The van der Waals surface area contributed by atoms with Crippen LogP contribution in [0.2, 0.25) is 0 Å². The van der Waals surface area contributed by atoms with E-state index in [1.165, 1.54) is 18.2 Å². The van der Waals surface area contributed by atoms with E-state index in [4.69, 9.17) is 16.6 Å². The number of ether oxygens (including phenoxy) is 1. The predicted molar refractivity (Wildman–Crippen MR) is 74.4 cm³/mol. The van der Waals surface area contributed by atoms with E-state index in [0.717, 1.165) is 0 Å². The Hall–Kier alpha value is -1.77. The van der Waals surface area contributed by atoms with Crippen molar-refractivity contribution in [1.82, 2.24) is 0 Å². The van der Waals surface area contributed by atoms with Gasteiger partial charge in [0.05, 0.1) is 0 Å². The molecule has 8 heteroatoms. The standard InChI is InChI=1S/C12H16N2O5S/c13-7(11(17)19-12(18)8(14)5-20)3-6-1-2-9(15)10(16)4-6/h1-2,4,7-8,15-16,20H,3,5,13-14H2/t7-,8-/m0/s1. The van der Waals surface area contributed by atoms with Crippen molar-refractivity contribution in [2.75, 3.05) is 5.75 Å². The van der Waals surface area contributed by atoms with Gasteiger partial charge in [0.1, 0.15) is 12.1 Å². The molecule has 1 rings (SSSR count). The maximum atomic E-state index is 11.6. The fourth-order valence-corrected chi connectivity index (χ4v) is 1.51. The average Bonchev–Trinajstić information content (AvgIpc) is 2.41. The first-order valence-electron chi connectivity index (χ1n) is 5.73. The highest BCUT2D eigenvalue weighted by Crippen LogP contribution is 2.25. The van der Waals surface area contributed by atoms with Gasteiger partial charge in [-0.3, -0.25) is 0 Å². The molecule has 0 amide bonds. The van der Waals surface area contributed by atoms with E-state index in [2.05, 4.69) is 17.4 Å². The molecule has 0 spiro atoms. The van der Waals surface area contributed by atoms with Crippen LogP contribution in [0.15, 0.2) is 18.2 Å². The van der Waals surface area contributed by atoms with Crippen molar-refractivity contribution in [3.8, 4) is 11.5 Å². The van der Waals surface area contributed by atoms with Crippen LogP contribution in [0.1, 0.15) is 5.56 Å². The van der Waals surface area contributed by atoms with E-state index in [0.29, 0.717) is 5.56 Å². The second kappa shape index (κ2) is 7.13. The largest absolute Gasteiger partial charge is 0.504 e. The topological polar surface area (TPSA) is 136 Å². The minimum absolute atomic E-state index is 0.0378. The highest BCUT2D eigenvalue weighted by molar-refractivity contribution is 7.80. The van der Waals surface area contributed by atoms with Crippen molar-refractivity contribution in [2.24, 2.45) is 11.5 Å². The Kier molecular flexibility index (Phi) is 5.81. The van der Waals surface area contributed by atoms with E-state index in [9.17, 15) is 14.7 Å². The third-order valence-corrected chi connectivity index (χ3v) is 2.89. The molecular weight excluding hydrogens is 284 g/mol. The number of nitrogens with two attached hydrogens (primary N) is 2. The molecule has 1 aromatic rings. The third kappa shape index (κ3) is 4.41. The number of phenols is 2. The minimum atomic E-state index is -1.09. The summed E-state index contributed by atoms with van der Waals surface area (Å²) >= 11 is 3.81. The van der Waals surface area contributed by atoms with Crippen molar-refractivity contribution in [1.29, 1.82) is 0 Å². The van der Waals surface area contributed by atoms with Gasteiger partial charge in [-0.2, -0.15) is 12.6 Å². The van der Waals surface area contributed by atoms with Crippen molar-refractivity contribution in [2.45, 2.75) is 18.5 Å². The molecule has 0 saturated carbocycles. The van der Waals surface area contributed by atoms with Crippen molar-refractivity contribution in [3.05, 3.63) is 23.8 Å². The summed E-state index contributed by atoms with van der Waals surface area (Å²) in [5.74, 6) is -2.36. The van der Waals surface area contributed by atoms with E-state index >= 15 is 0 Å². The van der Waals surface area contributed by atoms with Crippen LogP contribution in [-0.4, -0.2) is 40.0 Å².